The molecule has 0 aromatic carbocycles. The lowest BCUT2D eigenvalue weighted by molar-refractivity contribution is -0.148. The van der Waals surface area contributed by atoms with Crippen LogP contribution in [-0.4, -0.2) is 41.1 Å². The Balaban J connectivity index is 1.94. The van der Waals surface area contributed by atoms with Crippen LogP contribution in [0.3, 0.4) is 0 Å². The van der Waals surface area contributed by atoms with Crippen molar-refractivity contribution in [3.05, 3.63) is 0 Å². The third kappa shape index (κ3) is 3.16. The molecule has 0 aromatic rings. The average Bonchev–Trinajstić information content (AvgIpc) is 2.99. The molecule has 2 amide bonds. The van der Waals surface area contributed by atoms with E-state index >= 15 is 0 Å². The summed E-state index contributed by atoms with van der Waals surface area (Å²) in [5.41, 5.74) is -0.735. The first kappa shape index (κ1) is 16.1. The summed E-state index contributed by atoms with van der Waals surface area (Å²) < 4.78 is 0. The van der Waals surface area contributed by atoms with Gasteiger partial charge in [0.2, 0.25) is 0 Å². The average molecular weight is 296 g/mol. The molecular formula is C16H28N2O3. The van der Waals surface area contributed by atoms with E-state index in [2.05, 4.69) is 19.2 Å². The van der Waals surface area contributed by atoms with Gasteiger partial charge in [0, 0.05) is 19.1 Å². The number of rotatable bonds is 4. The third-order valence-corrected chi connectivity index (χ3v) is 5.60. The van der Waals surface area contributed by atoms with Gasteiger partial charge in [0.25, 0.3) is 0 Å². The highest BCUT2D eigenvalue weighted by atomic mass is 16.4. The van der Waals surface area contributed by atoms with Crippen molar-refractivity contribution < 1.29 is 14.7 Å². The van der Waals surface area contributed by atoms with Gasteiger partial charge in [0.15, 0.2) is 0 Å². The fourth-order valence-corrected chi connectivity index (χ4v) is 3.83. The van der Waals surface area contributed by atoms with E-state index in [1.165, 1.54) is 0 Å². The molecule has 0 bridgehead atoms. The Morgan fingerprint density at radius 2 is 2.05 bits per heavy atom. The molecule has 1 saturated heterocycles. The van der Waals surface area contributed by atoms with E-state index in [1.807, 2.05) is 6.92 Å². The van der Waals surface area contributed by atoms with Crippen LogP contribution in [0, 0.1) is 17.3 Å². The number of hydrogen-bond donors (Lipinski definition) is 2. The number of carboxylic acid groups (broad SMARTS) is 1. The van der Waals surface area contributed by atoms with Crippen molar-refractivity contribution in [2.24, 2.45) is 17.3 Å². The van der Waals surface area contributed by atoms with Crippen LogP contribution >= 0.6 is 0 Å². The maximum Gasteiger partial charge on any atom is 0.317 e. The van der Waals surface area contributed by atoms with Crippen molar-refractivity contribution in [2.45, 2.75) is 58.9 Å². The first-order valence-electron chi connectivity index (χ1n) is 8.18. The Bertz CT molecular complexity index is 412. The lowest BCUT2D eigenvalue weighted by Gasteiger charge is -2.26. The molecule has 2 rings (SSSR count). The van der Waals surface area contributed by atoms with E-state index in [1.54, 1.807) is 4.90 Å². The normalized spacial score (nSPS) is 36.0. The Labute approximate surface area is 127 Å². The zero-order chi connectivity index (χ0) is 15.6. The zero-order valence-electron chi connectivity index (χ0n) is 13.4. The van der Waals surface area contributed by atoms with E-state index in [0.717, 1.165) is 19.3 Å². The van der Waals surface area contributed by atoms with Gasteiger partial charge in [-0.15, -0.1) is 0 Å². The molecule has 1 saturated carbocycles. The molecule has 2 N–H and O–H groups in total. The second-order valence-corrected chi connectivity index (χ2v) is 6.98. The quantitative estimate of drug-likeness (QED) is 0.838. The van der Waals surface area contributed by atoms with Gasteiger partial charge in [-0.25, -0.2) is 4.79 Å². The van der Waals surface area contributed by atoms with Crippen LogP contribution in [0.1, 0.15) is 52.9 Å². The van der Waals surface area contributed by atoms with Gasteiger partial charge in [-0.1, -0.05) is 27.2 Å². The number of likely N-dealkylation sites (tertiary alicyclic amines) is 1. The molecule has 1 heterocycles. The Morgan fingerprint density at radius 3 is 2.57 bits per heavy atom. The van der Waals surface area contributed by atoms with E-state index in [-0.39, 0.29) is 12.1 Å². The third-order valence-electron chi connectivity index (χ3n) is 5.60. The van der Waals surface area contributed by atoms with Crippen LogP contribution < -0.4 is 5.32 Å². The standard InChI is InChI=1S/C16H28N2O3/c1-4-7-16(14(19)20)8-9-18(10-16)15(21)17-13-6-5-11(2)12(13)3/h11-13H,4-10H2,1-3H3,(H,17,21)(H,19,20). The number of carbonyl (C=O) groups is 2. The topological polar surface area (TPSA) is 69.6 Å². The van der Waals surface area contributed by atoms with Crippen molar-refractivity contribution in [1.29, 1.82) is 0 Å². The first-order valence-corrected chi connectivity index (χ1v) is 8.18. The monoisotopic (exact) mass is 296 g/mol. The van der Waals surface area contributed by atoms with Crippen molar-refractivity contribution in [3.8, 4) is 0 Å². The number of amides is 2. The highest BCUT2D eigenvalue weighted by molar-refractivity contribution is 5.80. The number of hydrogen-bond acceptors (Lipinski definition) is 2. The van der Waals surface area contributed by atoms with Crippen LogP contribution in [0.25, 0.3) is 0 Å². The first-order chi connectivity index (χ1) is 9.89. The lowest BCUT2D eigenvalue weighted by Crippen LogP contribution is -2.46. The maximum absolute atomic E-state index is 12.4. The van der Waals surface area contributed by atoms with Gasteiger partial charge in [0.1, 0.15) is 0 Å². The molecule has 120 valence electrons. The molecule has 0 spiro atoms. The SMILES string of the molecule is CCCC1(C(=O)O)CCN(C(=O)NC2CCC(C)C2C)C1. The van der Waals surface area contributed by atoms with Crippen molar-refractivity contribution in [2.75, 3.05) is 13.1 Å². The van der Waals surface area contributed by atoms with E-state index in [9.17, 15) is 14.7 Å². The molecule has 5 nitrogen and oxygen atoms in total. The van der Waals surface area contributed by atoms with E-state index in [4.69, 9.17) is 0 Å². The summed E-state index contributed by atoms with van der Waals surface area (Å²) in [6.45, 7) is 7.30. The van der Waals surface area contributed by atoms with Gasteiger partial charge < -0.3 is 15.3 Å². The van der Waals surface area contributed by atoms with Gasteiger partial charge >= 0.3 is 12.0 Å². The lowest BCUT2D eigenvalue weighted by atomic mass is 9.83. The maximum atomic E-state index is 12.4. The Hall–Kier alpha value is -1.26. The number of carboxylic acids is 1. The summed E-state index contributed by atoms with van der Waals surface area (Å²) >= 11 is 0. The summed E-state index contributed by atoms with van der Waals surface area (Å²) in [5.74, 6) is 0.381. The Kier molecular flexibility index (Phi) is 4.79. The molecule has 2 aliphatic rings. The molecule has 1 aliphatic heterocycles. The van der Waals surface area contributed by atoms with Crippen molar-refractivity contribution in [1.82, 2.24) is 10.2 Å². The summed E-state index contributed by atoms with van der Waals surface area (Å²) in [6, 6.07) is 0.152. The van der Waals surface area contributed by atoms with Crippen molar-refractivity contribution in [3.63, 3.8) is 0 Å². The van der Waals surface area contributed by atoms with Gasteiger partial charge in [-0.05, 0) is 37.5 Å². The Morgan fingerprint density at radius 1 is 1.33 bits per heavy atom. The van der Waals surface area contributed by atoms with Crippen LogP contribution in [0.15, 0.2) is 0 Å². The van der Waals surface area contributed by atoms with Gasteiger partial charge in [0.05, 0.1) is 5.41 Å². The fourth-order valence-electron chi connectivity index (χ4n) is 3.83. The van der Waals surface area contributed by atoms with Crippen molar-refractivity contribution >= 4 is 12.0 Å². The summed E-state index contributed by atoms with van der Waals surface area (Å²) in [7, 11) is 0. The molecule has 0 aromatic heterocycles. The second-order valence-electron chi connectivity index (χ2n) is 6.98. The highest BCUT2D eigenvalue weighted by Gasteiger charge is 2.46. The summed E-state index contributed by atoms with van der Waals surface area (Å²) in [6.07, 6.45) is 4.23. The summed E-state index contributed by atoms with van der Waals surface area (Å²) in [4.78, 5) is 25.6. The van der Waals surface area contributed by atoms with Crippen LogP contribution in [0.4, 0.5) is 4.79 Å². The number of aliphatic carboxylic acids is 1. The molecular weight excluding hydrogens is 268 g/mol. The molecule has 4 atom stereocenters. The van der Waals surface area contributed by atoms with E-state index < -0.39 is 11.4 Å². The number of nitrogens with zero attached hydrogens (tertiary/aromatic N) is 1. The smallest absolute Gasteiger partial charge is 0.317 e. The minimum atomic E-state index is -0.762. The predicted octanol–water partition coefficient (Wildman–Crippen LogP) is 2.71. The van der Waals surface area contributed by atoms with Crippen LogP contribution in [-0.2, 0) is 4.79 Å². The summed E-state index contributed by atoms with van der Waals surface area (Å²) in [5, 5.41) is 12.6. The largest absolute Gasteiger partial charge is 0.481 e. The predicted molar refractivity (Wildman–Crippen MR) is 81.0 cm³/mol. The molecule has 5 heteroatoms. The number of carbonyl (C=O) groups excluding carboxylic acids is 1. The van der Waals surface area contributed by atoms with Gasteiger partial charge in [-0.2, -0.15) is 0 Å². The van der Waals surface area contributed by atoms with Crippen LogP contribution in [0.5, 0.6) is 0 Å². The number of urea groups is 1. The molecule has 2 fully saturated rings. The minimum Gasteiger partial charge on any atom is -0.481 e. The second kappa shape index (κ2) is 6.24. The minimum absolute atomic E-state index is 0.0832. The fraction of sp³-hybridized carbons (Fsp3) is 0.875. The van der Waals surface area contributed by atoms with Crippen LogP contribution in [0.2, 0.25) is 0 Å². The van der Waals surface area contributed by atoms with E-state index in [0.29, 0.717) is 37.8 Å². The molecule has 21 heavy (non-hydrogen) atoms. The molecule has 0 radical (unpaired) electrons. The highest BCUT2D eigenvalue weighted by Crippen LogP contribution is 2.36. The molecule has 4 unspecified atom stereocenters. The molecule has 1 aliphatic carbocycles. The zero-order valence-corrected chi connectivity index (χ0v) is 13.4. The van der Waals surface area contributed by atoms with Gasteiger partial charge in [-0.3, -0.25) is 4.79 Å². The number of nitrogens with one attached hydrogen (secondary N) is 1.